The number of para-hydroxylation sites is 1. The molecule has 0 atom stereocenters. The monoisotopic (exact) mass is 207 g/mol. The molecule has 16 heavy (non-hydrogen) atoms. The molecule has 4 rings (SSSR count). The van der Waals surface area contributed by atoms with Crippen LogP contribution in [-0.4, -0.2) is 0 Å². The van der Waals surface area contributed by atoms with Crippen LogP contribution in [0, 0.1) is 5.92 Å². The minimum atomic E-state index is 0.992. The first kappa shape index (κ1) is 8.40. The van der Waals surface area contributed by atoms with Crippen LogP contribution in [0.15, 0.2) is 46.9 Å². The second kappa shape index (κ2) is 2.88. The largest absolute Gasteiger partial charge is 0.456 e. The molecule has 1 heterocycles. The average Bonchev–Trinajstić information content (AvgIpc) is 3.09. The van der Waals surface area contributed by atoms with Crippen molar-refractivity contribution >= 4 is 21.9 Å². The molecule has 0 spiro atoms. The number of furan rings is 1. The SMILES string of the molecule is c1ccc2c(c1)oc1cccc([C]3CC3)c12. The molecule has 0 saturated heterocycles. The average molecular weight is 207 g/mol. The molecule has 1 aliphatic rings. The molecule has 1 radical (unpaired) electrons. The predicted molar refractivity (Wildman–Crippen MR) is 65.3 cm³/mol. The minimum Gasteiger partial charge on any atom is -0.456 e. The maximum atomic E-state index is 5.86. The van der Waals surface area contributed by atoms with Crippen LogP contribution in [0.2, 0.25) is 0 Å². The van der Waals surface area contributed by atoms with Crippen molar-refractivity contribution < 1.29 is 4.42 Å². The van der Waals surface area contributed by atoms with E-state index in [1.807, 2.05) is 12.1 Å². The van der Waals surface area contributed by atoms with Crippen LogP contribution in [0.5, 0.6) is 0 Å². The fraction of sp³-hybridized carbons (Fsp3) is 0.133. The Morgan fingerprint density at radius 3 is 2.50 bits per heavy atom. The van der Waals surface area contributed by atoms with E-state index in [0.717, 1.165) is 11.2 Å². The molecule has 77 valence electrons. The van der Waals surface area contributed by atoms with E-state index < -0.39 is 0 Å². The number of hydrogen-bond acceptors (Lipinski definition) is 1. The smallest absolute Gasteiger partial charge is 0.135 e. The van der Waals surface area contributed by atoms with Crippen molar-refractivity contribution in [1.82, 2.24) is 0 Å². The lowest BCUT2D eigenvalue weighted by Gasteiger charge is -1.98. The molecule has 1 nitrogen and oxygen atoms in total. The summed E-state index contributed by atoms with van der Waals surface area (Å²) in [6.07, 6.45) is 2.50. The van der Waals surface area contributed by atoms with E-state index in [2.05, 4.69) is 30.3 Å². The van der Waals surface area contributed by atoms with Gasteiger partial charge < -0.3 is 4.42 Å². The summed E-state index contributed by atoms with van der Waals surface area (Å²) in [5, 5.41) is 2.54. The van der Waals surface area contributed by atoms with Crippen LogP contribution in [0.1, 0.15) is 18.4 Å². The maximum absolute atomic E-state index is 5.86. The number of benzene rings is 2. The standard InChI is InChI=1S/C15H11O/c1-2-6-13-12(4-1)15-11(10-8-9-10)5-3-7-14(15)16-13/h1-7H,8-9H2. The lowest BCUT2D eigenvalue weighted by molar-refractivity contribution is 0.669. The Morgan fingerprint density at radius 1 is 0.812 bits per heavy atom. The summed E-state index contributed by atoms with van der Waals surface area (Å²) in [5.41, 5.74) is 3.40. The van der Waals surface area contributed by atoms with E-state index in [1.54, 1.807) is 5.92 Å². The van der Waals surface area contributed by atoms with Crippen molar-refractivity contribution in [2.75, 3.05) is 0 Å². The Bertz CT molecular complexity index is 674. The molecule has 0 bridgehead atoms. The second-order valence-corrected chi connectivity index (χ2v) is 4.38. The highest BCUT2D eigenvalue weighted by Gasteiger charge is 2.27. The predicted octanol–water partition coefficient (Wildman–Crippen LogP) is 4.30. The second-order valence-electron chi connectivity index (χ2n) is 4.38. The van der Waals surface area contributed by atoms with Gasteiger partial charge in [0, 0.05) is 16.7 Å². The first-order valence-corrected chi connectivity index (χ1v) is 5.69. The van der Waals surface area contributed by atoms with E-state index in [4.69, 9.17) is 4.42 Å². The molecule has 0 amide bonds. The molecule has 3 aromatic rings. The third-order valence-electron chi connectivity index (χ3n) is 3.28. The Labute approximate surface area is 93.7 Å². The molecular weight excluding hydrogens is 196 g/mol. The van der Waals surface area contributed by atoms with Gasteiger partial charge >= 0.3 is 0 Å². The third-order valence-corrected chi connectivity index (χ3v) is 3.28. The molecule has 1 heteroatoms. The molecule has 0 N–H and O–H groups in total. The first-order valence-electron chi connectivity index (χ1n) is 5.69. The van der Waals surface area contributed by atoms with Crippen LogP contribution in [-0.2, 0) is 0 Å². The first-order chi connectivity index (χ1) is 7.93. The van der Waals surface area contributed by atoms with E-state index in [1.165, 1.54) is 29.2 Å². The zero-order valence-electron chi connectivity index (χ0n) is 8.86. The molecule has 1 saturated carbocycles. The van der Waals surface area contributed by atoms with Gasteiger partial charge in [-0.15, -0.1) is 0 Å². The van der Waals surface area contributed by atoms with Gasteiger partial charge in [-0.25, -0.2) is 0 Å². The number of fused-ring (bicyclic) bond motifs is 3. The van der Waals surface area contributed by atoms with Crippen LogP contribution in [0.25, 0.3) is 21.9 Å². The van der Waals surface area contributed by atoms with Crippen LogP contribution < -0.4 is 0 Å². The van der Waals surface area contributed by atoms with E-state index in [0.29, 0.717) is 0 Å². The molecule has 0 aliphatic heterocycles. The quantitative estimate of drug-likeness (QED) is 0.579. The molecule has 1 aliphatic carbocycles. The summed E-state index contributed by atoms with van der Waals surface area (Å²) in [4.78, 5) is 0. The van der Waals surface area contributed by atoms with Crippen molar-refractivity contribution in [3.63, 3.8) is 0 Å². The highest BCUT2D eigenvalue weighted by atomic mass is 16.3. The Morgan fingerprint density at radius 2 is 1.62 bits per heavy atom. The van der Waals surface area contributed by atoms with Crippen molar-refractivity contribution in [2.24, 2.45) is 0 Å². The van der Waals surface area contributed by atoms with E-state index >= 15 is 0 Å². The van der Waals surface area contributed by atoms with Gasteiger partial charge in [0.05, 0.1) is 0 Å². The Balaban J connectivity index is 2.21. The van der Waals surface area contributed by atoms with Gasteiger partial charge in [0.15, 0.2) is 0 Å². The van der Waals surface area contributed by atoms with Gasteiger partial charge in [0.25, 0.3) is 0 Å². The van der Waals surface area contributed by atoms with E-state index in [-0.39, 0.29) is 0 Å². The van der Waals surface area contributed by atoms with E-state index in [9.17, 15) is 0 Å². The molecule has 0 unspecified atom stereocenters. The Kier molecular flexibility index (Phi) is 1.51. The summed E-state index contributed by atoms with van der Waals surface area (Å²) in [7, 11) is 0. The van der Waals surface area contributed by atoms with Crippen LogP contribution in [0.4, 0.5) is 0 Å². The third kappa shape index (κ3) is 1.06. The van der Waals surface area contributed by atoms with Crippen molar-refractivity contribution in [2.45, 2.75) is 12.8 Å². The summed E-state index contributed by atoms with van der Waals surface area (Å²) in [6, 6.07) is 14.6. The summed E-state index contributed by atoms with van der Waals surface area (Å²) in [5.74, 6) is 1.57. The Hall–Kier alpha value is -1.76. The van der Waals surface area contributed by atoms with Crippen molar-refractivity contribution in [3.8, 4) is 0 Å². The normalized spacial score (nSPS) is 16.0. The lowest BCUT2D eigenvalue weighted by Crippen LogP contribution is -1.80. The van der Waals surface area contributed by atoms with Crippen molar-refractivity contribution in [1.29, 1.82) is 0 Å². The summed E-state index contributed by atoms with van der Waals surface area (Å²) >= 11 is 0. The van der Waals surface area contributed by atoms with Gasteiger partial charge in [0.1, 0.15) is 11.2 Å². The highest BCUT2D eigenvalue weighted by Crippen LogP contribution is 2.44. The number of hydrogen-bond donors (Lipinski definition) is 0. The number of rotatable bonds is 1. The van der Waals surface area contributed by atoms with Gasteiger partial charge in [-0.05, 0) is 30.5 Å². The van der Waals surface area contributed by atoms with Crippen LogP contribution >= 0.6 is 0 Å². The van der Waals surface area contributed by atoms with Gasteiger partial charge in [-0.1, -0.05) is 30.3 Å². The van der Waals surface area contributed by atoms with Gasteiger partial charge in [-0.2, -0.15) is 0 Å². The zero-order chi connectivity index (χ0) is 10.5. The van der Waals surface area contributed by atoms with Crippen molar-refractivity contribution in [3.05, 3.63) is 53.9 Å². The maximum Gasteiger partial charge on any atom is 0.135 e. The highest BCUT2D eigenvalue weighted by molar-refractivity contribution is 6.07. The molecule has 2 aromatic carbocycles. The molecule has 1 aromatic heterocycles. The van der Waals surface area contributed by atoms with Gasteiger partial charge in [-0.3, -0.25) is 0 Å². The van der Waals surface area contributed by atoms with Crippen LogP contribution in [0.3, 0.4) is 0 Å². The summed E-state index contributed by atoms with van der Waals surface area (Å²) < 4.78 is 5.86. The van der Waals surface area contributed by atoms with Gasteiger partial charge in [0.2, 0.25) is 0 Å². The zero-order valence-corrected chi connectivity index (χ0v) is 8.86. The summed E-state index contributed by atoms with van der Waals surface area (Å²) in [6.45, 7) is 0. The topological polar surface area (TPSA) is 13.1 Å². The fourth-order valence-corrected chi connectivity index (χ4v) is 2.40. The minimum absolute atomic E-state index is 0.992. The fourth-order valence-electron chi connectivity index (χ4n) is 2.40. The molecular formula is C15H11O. The molecule has 1 fully saturated rings. The lowest BCUT2D eigenvalue weighted by atomic mass is 10.0.